The van der Waals surface area contributed by atoms with Crippen LogP contribution in [0, 0.1) is 0 Å². The van der Waals surface area contributed by atoms with Gasteiger partial charge in [-0.1, -0.05) is 18.2 Å². The molecule has 31 heavy (non-hydrogen) atoms. The van der Waals surface area contributed by atoms with Crippen molar-refractivity contribution in [2.45, 2.75) is 51.8 Å². The van der Waals surface area contributed by atoms with Gasteiger partial charge in [0.25, 0.3) is 5.91 Å². The first-order valence-corrected chi connectivity index (χ1v) is 10.5. The van der Waals surface area contributed by atoms with E-state index in [1.807, 2.05) is 51.1 Å². The standard InChI is InChI=1S/C24H27N3O4/c1-24(2,3)31-23(29)27-11-7-10-19(27)21-13-18-20(30-21)12-16(14-25-18)15-26-22(28)17-8-5-4-6-9-17/h4-6,8-9,12-14,19H,7,10-11,15H2,1-3H3,(H,26,28)/t19-/m1/s1. The summed E-state index contributed by atoms with van der Waals surface area (Å²) in [5, 5.41) is 2.90. The average molecular weight is 421 g/mol. The summed E-state index contributed by atoms with van der Waals surface area (Å²) in [7, 11) is 0. The number of nitrogens with one attached hydrogen (secondary N) is 1. The van der Waals surface area contributed by atoms with Crippen LogP contribution in [0.25, 0.3) is 11.1 Å². The van der Waals surface area contributed by atoms with Crippen LogP contribution >= 0.6 is 0 Å². The van der Waals surface area contributed by atoms with Crippen LogP contribution in [0.2, 0.25) is 0 Å². The van der Waals surface area contributed by atoms with E-state index in [-0.39, 0.29) is 18.0 Å². The lowest BCUT2D eigenvalue weighted by molar-refractivity contribution is 0.0209. The van der Waals surface area contributed by atoms with Gasteiger partial charge in [0.05, 0.1) is 6.04 Å². The lowest BCUT2D eigenvalue weighted by Crippen LogP contribution is -2.36. The van der Waals surface area contributed by atoms with Crippen LogP contribution in [-0.2, 0) is 11.3 Å². The molecule has 1 aliphatic rings. The summed E-state index contributed by atoms with van der Waals surface area (Å²) in [5.41, 5.74) is 2.27. The number of carbonyl (C=O) groups excluding carboxylic acids is 2. The van der Waals surface area contributed by atoms with Crippen molar-refractivity contribution in [1.82, 2.24) is 15.2 Å². The largest absolute Gasteiger partial charge is 0.457 e. The molecule has 1 saturated heterocycles. The predicted octanol–water partition coefficient (Wildman–Crippen LogP) is 4.83. The predicted molar refractivity (Wildman–Crippen MR) is 117 cm³/mol. The number of fused-ring (bicyclic) bond motifs is 1. The normalized spacial score (nSPS) is 16.5. The molecule has 0 saturated carbocycles. The second-order valence-electron chi connectivity index (χ2n) is 8.76. The maximum Gasteiger partial charge on any atom is 0.410 e. The monoisotopic (exact) mass is 421 g/mol. The van der Waals surface area contributed by atoms with E-state index in [0.717, 1.165) is 23.9 Å². The third kappa shape index (κ3) is 4.87. The summed E-state index contributed by atoms with van der Waals surface area (Å²) < 4.78 is 11.6. The minimum absolute atomic E-state index is 0.139. The minimum Gasteiger partial charge on any atom is -0.457 e. The Morgan fingerprint density at radius 1 is 1.23 bits per heavy atom. The van der Waals surface area contributed by atoms with E-state index >= 15 is 0 Å². The zero-order valence-corrected chi connectivity index (χ0v) is 18.1. The van der Waals surface area contributed by atoms with Gasteiger partial charge in [0.15, 0.2) is 5.58 Å². The van der Waals surface area contributed by atoms with Crippen LogP contribution in [0.1, 0.15) is 61.3 Å². The van der Waals surface area contributed by atoms with Gasteiger partial charge in [0.1, 0.15) is 16.9 Å². The van der Waals surface area contributed by atoms with Crippen LogP contribution in [0.3, 0.4) is 0 Å². The number of carbonyl (C=O) groups is 2. The van der Waals surface area contributed by atoms with Gasteiger partial charge in [-0.3, -0.25) is 14.7 Å². The number of furan rings is 1. The molecule has 0 bridgehead atoms. The highest BCUT2D eigenvalue weighted by Gasteiger charge is 2.35. The van der Waals surface area contributed by atoms with Gasteiger partial charge in [-0.05, 0) is 57.4 Å². The average Bonchev–Trinajstić information content (AvgIpc) is 3.37. The molecule has 1 atom stereocenters. The molecule has 7 nitrogen and oxygen atoms in total. The Labute approximate surface area is 181 Å². The molecule has 1 fully saturated rings. The highest BCUT2D eigenvalue weighted by Crippen LogP contribution is 2.35. The van der Waals surface area contributed by atoms with Crippen molar-refractivity contribution in [2.24, 2.45) is 0 Å². The van der Waals surface area contributed by atoms with Crippen molar-refractivity contribution in [3.05, 3.63) is 65.5 Å². The number of benzene rings is 1. The van der Waals surface area contributed by atoms with Crippen molar-refractivity contribution in [3.63, 3.8) is 0 Å². The summed E-state index contributed by atoms with van der Waals surface area (Å²) in [4.78, 5) is 31.0. The molecule has 1 N–H and O–H groups in total. The lowest BCUT2D eigenvalue weighted by atomic mass is 10.1. The van der Waals surface area contributed by atoms with Crippen LogP contribution in [0.5, 0.6) is 0 Å². The van der Waals surface area contributed by atoms with Gasteiger partial charge in [0.2, 0.25) is 0 Å². The highest BCUT2D eigenvalue weighted by atomic mass is 16.6. The number of hydrogen-bond donors (Lipinski definition) is 1. The Morgan fingerprint density at radius 3 is 2.74 bits per heavy atom. The van der Waals surface area contributed by atoms with E-state index in [2.05, 4.69) is 10.3 Å². The molecule has 4 rings (SSSR count). The van der Waals surface area contributed by atoms with E-state index in [4.69, 9.17) is 9.15 Å². The second-order valence-corrected chi connectivity index (χ2v) is 8.76. The van der Waals surface area contributed by atoms with Crippen LogP contribution < -0.4 is 5.32 Å². The molecule has 1 aliphatic heterocycles. The van der Waals surface area contributed by atoms with E-state index in [1.165, 1.54) is 0 Å². The molecule has 3 heterocycles. The van der Waals surface area contributed by atoms with E-state index in [0.29, 0.717) is 30.0 Å². The van der Waals surface area contributed by atoms with Gasteiger partial charge >= 0.3 is 6.09 Å². The third-order valence-corrected chi connectivity index (χ3v) is 5.14. The van der Waals surface area contributed by atoms with E-state index < -0.39 is 5.60 Å². The molecular formula is C24H27N3O4. The number of pyridine rings is 1. The van der Waals surface area contributed by atoms with Crippen molar-refractivity contribution in [1.29, 1.82) is 0 Å². The molecule has 0 unspecified atom stereocenters. The first kappa shape index (κ1) is 20.9. The van der Waals surface area contributed by atoms with Gasteiger partial charge < -0.3 is 14.5 Å². The zero-order chi connectivity index (χ0) is 22.0. The number of aromatic nitrogens is 1. The Balaban J connectivity index is 1.47. The fraction of sp³-hybridized carbons (Fsp3) is 0.375. The molecule has 2 amide bonds. The Hall–Kier alpha value is -3.35. The SMILES string of the molecule is CC(C)(C)OC(=O)N1CCC[C@@H]1c1cc2ncc(CNC(=O)c3ccccc3)cc2o1. The molecule has 3 aromatic rings. The molecular weight excluding hydrogens is 394 g/mol. The number of rotatable bonds is 4. The molecule has 162 valence electrons. The highest BCUT2D eigenvalue weighted by molar-refractivity contribution is 5.94. The topological polar surface area (TPSA) is 84.7 Å². The first-order valence-electron chi connectivity index (χ1n) is 10.5. The smallest absolute Gasteiger partial charge is 0.410 e. The summed E-state index contributed by atoms with van der Waals surface area (Å²) in [6, 6.07) is 12.7. The number of nitrogens with zero attached hydrogens (tertiary/aromatic N) is 2. The Kier molecular flexibility index (Phi) is 5.67. The quantitative estimate of drug-likeness (QED) is 0.652. The third-order valence-electron chi connectivity index (χ3n) is 5.14. The van der Waals surface area contributed by atoms with Crippen molar-refractivity contribution in [3.8, 4) is 0 Å². The number of ether oxygens (including phenoxy) is 1. The maximum absolute atomic E-state index is 12.6. The Morgan fingerprint density at radius 2 is 2.00 bits per heavy atom. The molecule has 0 aliphatic carbocycles. The maximum atomic E-state index is 12.6. The number of hydrogen-bond acceptors (Lipinski definition) is 5. The van der Waals surface area contributed by atoms with Crippen LogP contribution in [0.4, 0.5) is 4.79 Å². The van der Waals surface area contributed by atoms with Crippen molar-refractivity contribution < 1.29 is 18.7 Å². The summed E-state index contributed by atoms with van der Waals surface area (Å²) in [6.45, 7) is 6.57. The van der Waals surface area contributed by atoms with Gasteiger partial charge in [-0.15, -0.1) is 0 Å². The summed E-state index contributed by atoms with van der Waals surface area (Å²) >= 11 is 0. The fourth-order valence-corrected chi connectivity index (χ4v) is 3.71. The van der Waals surface area contributed by atoms with Gasteiger partial charge in [-0.25, -0.2) is 4.79 Å². The first-order chi connectivity index (χ1) is 14.8. The summed E-state index contributed by atoms with van der Waals surface area (Å²) in [5.74, 6) is 0.566. The second kappa shape index (κ2) is 8.41. The van der Waals surface area contributed by atoms with Gasteiger partial charge in [-0.2, -0.15) is 0 Å². The molecule has 7 heteroatoms. The molecule has 2 aromatic heterocycles. The van der Waals surface area contributed by atoms with Crippen LogP contribution in [-0.4, -0.2) is 34.0 Å². The number of amides is 2. The summed E-state index contributed by atoms with van der Waals surface area (Å²) in [6.07, 6.45) is 3.12. The van der Waals surface area contributed by atoms with E-state index in [1.54, 1.807) is 23.2 Å². The Bertz CT molecular complexity index is 1090. The molecule has 1 aromatic carbocycles. The van der Waals surface area contributed by atoms with E-state index in [9.17, 15) is 9.59 Å². The van der Waals surface area contributed by atoms with Crippen molar-refractivity contribution >= 4 is 23.1 Å². The molecule has 0 spiro atoms. The number of likely N-dealkylation sites (tertiary alicyclic amines) is 1. The van der Waals surface area contributed by atoms with Crippen molar-refractivity contribution in [2.75, 3.05) is 6.54 Å². The lowest BCUT2D eigenvalue weighted by Gasteiger charge is -2.27. The van der Waals surface area contributed by atoms with Gasteiger partial charge in [0, 0.05) is 30.9 Å². The van der Waals surface area contributed by atoms with Crippen LogP contribution in [0.15, 0.2) is 53.1 Å². The molecule has 0 radical (unpaired) electrons. The zero-order valence-electron chi connectivity index (χ0n) is 18.1. The fourth-order valence-electron chi connectivity index (χ4n) is 3.71. The minimum atomic E-state index is -0.543.